The highest BCUT2D eigenvalue weighted by atomic mass is 19.1. The summed E-state index contributed by atoms with van der Waals surface area (Å²) in [5.74, 6) is -0.0921. The van der Waals surface area contributed by atoms with Crippen molar-refractivity contribution in [3.8, 4) is 0 Å². The van der Waals surface area contributed by atoms with E-state index in [2.05, 4.69) is 18.9 Å². The van der Waals surface area contributed by atoms with E-state index >= 15 is 0 Å². The molecule has 1 fully saturated rings. The zero-order chi connectivity index (χ0) is 13.8. The molecule has 1 heterocycles. The van der Waals surface area contributed by atoms with Crippen molar-refractivity contribution in [1.82, 2.24) is 9.80 Å². The van der Waals surface area contributed by atoms with Gasteiger partial charge in [-0.05, 0) is 32.0 Å². The number of hydrogen-bond donors (Lipinski definition) is 0. The van der Waals surface area contributed by atoms with Crippen LogP contribution in [-0.2, 0) is 11.2 Å². The van der Waals surface area contributed by atoms with Crippen LogP contribution in [0.5, 0.6) is 0 Å². The van der Waals surface area contributed by atoms with Crippen LogP contribution in [0.2, 0.25) is 0 Å². The minimum absolute atomic E-state index is 0.129. The average Bonchev–Trinajstić information content (AvgIpc) is 2.37. The number of nitrogens with zero attached hydrogens (tertiary/aromatic N) is 2. The summed E-state index contributed by atoms with van der Waals surface area (Å²) in [4.78, 5) is 16.3. The van der Waals surface area contributed by atoms with E-state index in [9.17, 15) is 9.18 Å². The van der Waals surface area contributed by atoms with E-state index in [0.29, 0.717) is 18.4 Å². The van der Waals surface area contributed by atoms with Crippen molar-refractivity contribution in [2.75, 3.05) is 26.7 Å². The van der Waals surface area contributed by atoms with Crippen LogP contribution in [0.15, 0.2) is 24.3 Å². The van der Waals surface area contributed by atoms with Gasteiger partial charge in [0.1, 0.15) is 5.82 Å². The van der Waals surface area contributed by atoms with E-state index in [1.54, 1.807) is 18.2 Å². The van der Waals surface area contributed by atoms with Crippen molar-refractivity contribution in [2.24, 2.45) is 0 Å². The smallest absolute Gasteiger partial charge is 0.223 e. The summed E-state index contributed by atoms with van der Waals surface area (Å²) in [5.41, 5.74) is 0.623. The molecular weight excluding hydrogens is 243 g/mol. The van der Waals surface area contributed by atoms with Crippen LogP contribution in [0.25, 0.3) is 0 Å². The predicted molar refractivity (Wildman–Crippen MR) is 73.4 cm³/mol. The average molecular weight is 264 g/mol. The minimum atomic E-state index is -0.221. The monoisotopic (exact) mass is 264 g/mol. The summed E-state index contributed by atoms with van der Waals surface area (Å²) in [6.07, 6.45) is 0.861. The Hall–Kier alpha value is -1.42. The van der Waals surface area contributed by atoms with Crippen LogP contribution in [0.4, 0.5) is 4.39 Å². The zero-order valence-electron chi connectivity index (χ0n) is 11.6. The van der Waals surface area contributed by atoms with E-state index in [1.165, 1.54) is 6.07 Å². The van der Waals surface area contributed by atoms with Gasteiger partial charge in [-0.1, -0.05) is 18.2 Å². The molecule has 1 aliphatic heterocycles. The third-order valence-corrected chi connectivity index (χ3v) is 3.72. The fourth-order valence-electron chi connectivity index (χ4n) is 2.60. The molecule has 1 aromatic carbocycles. The van der Waals surface area contributed by atoms with E-state index in [4.69, 9.17) is 0 Å². The maximum atomic E-state index is 13.5. The minimum Gasteiger partial charge on any atom is -0.337 e. The molecule has 0 bridgehead atoms. The van der Waals surface area contributed by atoms with Gasteiger partial charge < -0.3 is 9.80 Å². The van der Waals surface area contributed by atoms with Crippen LogP contribution < -0.4 is 0 Å². The van der Waals surface area contributed by atoms with Crippen LogP contribution >= 0.6 is 0 Å². The predicted octanol–water partition coefficient (Wildman–Crippen LogP) is 1.92. The molecule has 1 saturated heterocycles. The third kappa shape index (κ3) is 3.53. The largest absolute Gasteiger partial charge is 0.337 e. The number of piperazine rings is 1. The SMILES string of the molecule is CC1CN(C)CCN1C(=O)CCc1ccccc1F. The lowest BCUT2D eigenvalue weighted by molar-refractivity contribution is -0.135. The second kappa shape index (κ2) is 6.15. The molecule has 0 radical (unpaired) electrons. The van der Waals surface area contributed by atoms with Crippen LogP contribution in [0, 0.1) is 5.82 Å². The highest BCUT2D eigenvalue weighted by molar-refractivity contribution is 5.77. The molecule has 3 nitrogen and oxygen atoms in total. The number of likely N-dealkylation sites (N-methyl/N-ethyl adjacent to an activating group) is 1. The number of carbonyl (C=O) groups excluding carboxylic acids is 1. The topological polar surface area (TPSA) is 23.6 Å². The normalized spacial score (nSPS) is 20.6. The lowest BCUT2D eigenvalue weighted by atomic mass is 10.1. The molecule has 2 rings (SSSR count). The third-order valence-electron chi connectivity index (χ3n) is 3.72. The Bertz CT molecular complexity index is 450. The fourth-order valence-corrected chi connectivity index (χ4v) is 2.60. The van der Waals surface area contributed by atoms with Gasteiger partial charge >= 0.3 is 0 Å². The molecule has 1 unspecified atom stereocenters. The summed E-state index contributed by atoms with van der Waals surface area (Å²) in [6.45, 7) is 4.66. The first-order valence-corrected chi connectivity index (χ1v) is 6.79. The summed E-state index contributed by atoms with van der Waals surface area (Å²) in [7, 11) is 2.07. The van der Waals surface area contributed by atoms with Gasteiger partial charge in [0.15, 0.2) is 0 Å². The first kappa shape index (κ1) is 14.0. The van der Waals surface area contributed by atoms with E-state index in [0.717, 1.165) is 19.6 Å². The fraction of sp³-hybridized carbons (Fsp3) is 0.533. The molecule has 1 amide bonds. The summed E-state index contributed by atoms with van der Waals surface area (Å²) in [5, 5.41) is 0. The molecule has 0 spiro atoms. The molecular formula is C15H21FN2O. The van der Waals surface area contributed by atoms with Gasteiger partial charge in [-0.15, -0.1) is 0 Å². The van der Waals surface area contributed by atoms with Crippen molar-refractivity contribution in [2.45, 2.75) is 25.8 Å². The Morgan fingerprint density at radius 3 is 2.79 bits per heavy atom. The van der Waals surface area contributed by atoms with Gasteiger partial charge in [0, 0.05) is 32.1 Å². The maximum absolute atomic E-state index is 13.5. The number of benzene rings is 1. The Morgan fingerprint density at radius 2 is 2.11 bits per heavy atom. The van der Waals surface area contributed by atoms with Gasteiger partial charge in [0.25, 0.3) is 0 Å². The van der Waals surface area contributed by atoms with Crippen LogP contribution in [0.1, 0.15) is 18.9 Å². The Morgan fingerprint density at radius 1 is 1.37 bits per heavy atom. The molecule has 0 aromatic heterocycles. The molecule has 19 heavy (non-hydrogen) atoms. The highest BCUT2D eigenvalue weighted by Gasteiger charge is 2.25. The lowest BCUT2D eigenvalue weighted by Gasteiger charge is -2.38. The second-order valence-electron chi connectivity index (χ2n) is 5.29. The maximum Gasteiger partial charge on any atom is 0.223 e. The number of amides is 1. The molecule has 1 aliphatic rings. The van der Waals surface area contributed by atoms with Crippen molar-refractivity contribution < 1.29 is 9.18 Å². The Balaban J connectivity index is 1.89. The quantitative estimate of drug-likeness (QED) is 0.832. The number of aryl methyl sites for hydroxylation is 1. The molecule has 104 valence electrons. The first-order valence-electron chi connectivity index (χ1n) is 6.79. The van der Waals surface area contributed by atoms with Crippen molar-refractivity contribution in [1.29, 1.82) is 0 Å². The van der Waals surface area contributed by atoms with E-state index in [1.807, 2.05) is 4.90 Å². The first-order chi connectivity index (χ1) is 9.08. The number of hydrogen-bond acceptors (Lipinski definition) is 2. The number of rotatable bonds is 3. The van der Waals surface area contributed by atoms with E-state index in [-0.39, 0.29) is 17.8 Å². The van der Waals surface area contributed by atoms with Gasteiger partial charge in [-0.25, -0.2) is 4.39 Å². The summed E-state index contributed by atoms with van der Waals surface area (Å²) in [6, 6.07) is 6.91. The van der Waals surface area contributed by atoms with Gasteiger partial charge in [0.05, 0.1) is 0 Å². The molecule has 0 saturated carbocycles. The molecule has 0 aliphatic carbocycles. The van der Waals surface area contributed by atoms with Gasteiger partial charge in [0.2, 0.25) is 5.91 Å². The number of carbonyl (C=O) groups is 1. The standard InChI is InChI=1S/C15H21FN2O/c1-12-11-17(2)9-10-18(12)15(19)8-7-13-5-3-4-6-14(13)16/h3-6,12H,7-11H2,1-2H3. The molecule has 1 atom stereocenters. The van der Waals surface area contributed by atoms with Crippen LogP contribution in [0.3, 0.4) is 0 Å². The molecule has 1 aromatic rings. The lowest BCUT2D eigenvalue weighted by Crippen LogP contribution is -2.52. The highest BCUT2D eigenvalue weighted by Crippen LogP contribution is 2.13. The number of halogens is 1. The Kier molecular flexibility index (Phi) is 4.53. The summed E-state index contributed by atoms with van der Waals surface area (Å²) < 4.78 is 13.5. The van der Waals surface area contributed by atoms with E-state index < -0.39 is 0 Å². The molecule has 4 heteroatoms. The zero-order valence-corrected chi connectivity index (χ0v) is 11.6. The molecule has 0 N–H and O–H groups in total. The Labute approximate surface area is 114 Å². The summed E-state index contributed by atoms with van der Waals surface area (Å²) >= 11 is 0. The van der Waals surface area contributed by atoms with Crippen molar-refractivity contribution in [3.63, 3.8) is 0 Å². The second-order valence-corrected chi connectivity index (χ2v) is 5.29. The van der Waals surface area contributed by atoms with Gasteiger partial charge in [-0.3, -0.25) is 4.79 Å². The van der Waals surface area contributed by atoms with Gasteiger partial charge in [-0.2, -0.15) is 0 Å². The van der Waals surface area contributed by atoms with Crippen molar-refractivity contribution >= 4 is 5.91 Å². The van der Waals surface area contributed by atoms with Crippen LogP contribution in [-0.4, -0.2) is 48.4 Å². The van der Waals surface area contributed by atoms with Crippen molar-refractivity contribution in [3.05, 3.63) is 35.6 Å².